The van der Waals surface area contributed by atoms with Gasteiger partial charge in [0.15, 0.2) is 0 Å². The summed E-state index contributed by atoms with van der Waals surface area (Å²) in [5.74, 6) is -0.175. The molecule has 0 heterocycles. The van der Waals surface area contributed by atoms with Gasteiger partial charge in [-0.05, 0) is 17.7 Å². The zero-order valence-electron chi connectivity index (χ0n) is 8.83. The van der Waals surface area contributed by atoms with E-state index in [1.54, 1.807) is 19.2 Å². The Balaban J connectivity index is 0.00000225. The van der Waals surface area contributed by atoms with Gasteiger partial charge in [0.2, 0.25) is 5.91 Å². The van der Waals surface area contributed by atoms with E-state index in [2.05, 4.69) is 10.6 Å². The lowest BCUT2D eigenvalue weighted by molar-refractivity contribution is -0.119. The summed E-state index contributed by atoms with van der Waals surface area (Å²) >= 11 is 0. The minimum Gasteiger partial charge on any atom is -0.355 e. The molecule has 0 saturated heterocycles. The molecule has 0 aliphatic carbocycles. The molecule has 0 aliphatic heterocycles. The minimum atomic E-state index is -0.110. The molecule has 1 aromatic rings. The fourth-order valence-corrected chi connectivity index (χ4v) is 1.14. The topological polar surface area (TPSA) is 58.2 Å². The van der Waals surface area contributed by atoms with Crippen molar-refractivity contribution in [3.05, 3.63) is 35.4 Å². The molecule has 16 heavy (non-hydrogen) atoms. The van der Waals surface area contributed by atoms with Crippen LogP contribution in [0.25, 0.3) is 0 Å². The Morgan fingerprint density at radius 2 is 1.75 bits per heavy atom. The van der Waals surface area contributed by atoms with E-state index in [1.807, 2.05) is 12.1 Å². The summed E-state index contributed by atoms with van der Waals surface area (Å²) in [6.45, 7) is 1.96. The Hall–Kier alpha value is -1.84. The van der Waals surface area contributed by atoms with Crippen LogP contribution in [0.1, 0.15) is 30.3 Å². The molecule has 0 fully saturated rings. The summed E-state index contributed by atoms with van der Waals surface area (Å²) in [6.07, 6.45) is 0. The molecule has 0 aliphatic rings. The Kier molecular flexibility index (Phi) is 5.85. The van der Waals surface area contributed by atoms with Crippen molar-refractivity contribution in [3.8, 4) is 0 Å². The molecular weight excluding hydrogens is 204 g/mol. The lowest BCUT2D eigenvalue weighted by Gasteiger charge is -2.03. The SMILES string of the molecule is C.CNC(=O)c1ccc(CNC(C)=O)cc1. The van der Waals surface area contributed by atoms with Gasteiger partial charge in [0.05, 0.1) is 0 Å². The van der Waals surface area contributed by atoms with E-state index in [0.29, 0.717) is 12.1 Å². The normalized spacial score (nSPS) is 8.88. The summed E-state index contributed by atoms with van der Waals surface area (Å²) in [6, 6.07) is 7.10. The van der Waals surface area contributed by atoms with E-state index in [9.17, 15) is 9.59 Å². The Morgan fingerprint density at radius 3 is 2.19 bits per heavy atom. The van der Waals surface area contributed by atoms with Crippen molar-refractivity contribution in [1.82, 2.24) is 10.6 Å². The van der Waals surface area contributed by atoms with Crippen LogP contribution in [0.15, 0.2) is 24.3 Å². The van der Waals surface area contributed by atoms with Crippen LogP contribution in [0.5, 0.6) is 0 Å². The lowest BCUT2D eigenvalue weighted by atomic mass is 10.1. The number of carbonyl (C=O) groups excluding carboxylic acids is 2. The monoisotopic (exact) mass is 222 g/mol. The number of benzene rings is 1. The van der Waals surface area contributed by atoms with Gasteiger partial charge in [0, 0.05) is 26.1 Å². The predicted octanol–water partition coefficient (Wildman–Crippen LogP) is 1.32. The molecule has 88 valence electrons. The van der Waals surface area contributed by atoms with E-state index in [1.165, 1.54) is 6.92 Å². The molecule has 0 radical (unpaired) electrons. The van der Waals surface area contributed by atoms with E-state index in [0.717, 1.165) is 5.56 Å². The van der Waals surface area contributed by atoms with E-state index >= 15 is 0 Å². The zero-order chi connectivity index (χ0) is 11.3. The van der Waals surface area contributed by atoms with Crippen LogP contribution < -0.4 is 10.6 Å². The van der Waals surface area contributed by atoms with Gasteiger partial charge in [-0.25, -0.2) is 0 Å². The molecule has 0 saturated carbocycles. The summed E-state index contributed by atoms with van der Waals surface area (Å²) in [4.78, 5) is 21.9. The maximum atomic E-state index is 11.2. The van der Waals surface area contributed by atoms with Crippen molar-refractivity contribution in [2.75, 3.05) is 7.05 Å². The first-order chi connectivity index (χ1) is 7.13. The number of hydrogen-bond donors (Lipinski definition) is 2. The van der Waals surface area contributed by atoms with Crippen LogP contribution >= 0.6 is 0 Å². The molecule has 4 nitrogen and oxygen atoms in total. The van der Waals surface area contributed by atoms with Gasteiger partial charge in [0.1, 0.15) is 0 Å². The first kappa shape index (κ1) is 14.2. The summed E-state index contributed by atoms with van der Waals surface area (Å²) in [7, 11) is 1.59. The molecule has 0 atom stereocenters. The Bertz CT molecular complexity index is 358. The average molecular weight is 222 g/mol. The van der Waals surface area contributed by atoms with Gasteiger partial charge in [-0.3, -0.25) is 9.59 Å². The molecule has 2 amide bonds. The number of hydrogen-bond acceptors (Lipinski definition) is 2. The summed E-state index contributed by atoms with van der Waals surface area (Å²) in [5.41, 5.74) is 1.59. The third-order valence-electron chi connectivity index (χ3n) is 1.98. The molecule has 2 N–H and O–H groups in total. The highest BCUT2D eigenvalue weighted by Crippen LogP contribution is 2.03. The Morgan fingerprint density at radius 1 is 1.19 bits per heavy atom. The average Bonchev–Trinajstić information content (AvgIpc) is 2.26. The quantitative estimate of drug-likeness (QED) is 0.810. The number of rotatable bonds is 3. The van der Waals surface area contributed by atoms with Gasteiger partial charge in [0.25, 0.3) is 5.91 Å². The predicted molar refractivity (Wildman–Crippen MR) is 64.1 cm³/mol. The summed E-state index contributed by atoms with van der Waals surface area (Å²) in [5, 5.41) is 5.23. The third-order valence-corrected chi connectivity index (χ3v) is 1.98. The zero-order valence-corrected chi connectivity index (χ0v) is 8.83. The lowest BCUT2D eigenvalue weighted by Crippen LogP contribution is -2.19. The second-order valence-corrected chi connectivity index (χ2v) is 3.19. The van der Waals surface area contributed by atoms with Crippen molar-refractivity contribution >= 4 is 11.8 Å². The molecule has 1 aromatic carbocycles. The fourth-order valence-electron chi connectivity index (χ4n) is 1.14. The van der Waals surface area contributed by atoms with Crippen molar-refractivity contribution in [2.24, 2.45) is 0 Å². The van der Waals surface area contributed by atoms with Gasteiger partial charge in [-0.1, -0.05) is 19.6 Å². The maximum Gasteiger partial charge on any atom is 0.251 e. The minimum absolute atomic E-state index is 0. The van der Waals surface area contributed by atoms with E-state index in [4.69, 9.17) is 0 Å². The van der Waals surface area contributed by atoms with Crippen molar-refractivity contribution in [2.45, 2.75) is 20.9 Å². The first-order valence-electron chi connectivity index (χ1n) is 4.69. The second-order valence-electron chi connectivity index (χ2n) is 3.19. The van der Waals surface area contributed by atoms with Crippen LogP contribution in [0.3, 0.4) is 0 Å². The molecule has 0 aromatic heterocycles. The Labute approximate surface area is 96.0 Å². The smallest absolute Gasteiger partial charge is 0.251 e. The summed E-state index contributed by atoms with van der Waals surface area (Å²) < 4.78 is 0. The molecular formula is C12H18N2O2. The third kappa shape index (κ3) is 4.13. The molecule has 0 unspecified atom stereocenters. The van der Waals surface area contributed by atoms with Crippen LogP contribution in [-0.2, 0) is 11.3 Å². The number of carbonyl (C=O) groups is 2. The maximum absolute atomic E-state index is 11.2. The highest BCUT2D eigenvalue weighted by atomic mass is 16.2. The van der Waals surface area contributed by atoms with E-state index in [-0.39, 0.29) is 19.2 Å². The number of amides is 2. The van der Waals surface area contributed by atoms with Crippen LogP contribution in [0.2, 0.25) is 0 Å². The second kappa shape index (κ2) is 6.61. The van der Waals surface area contributed by atoms with Crippen LogP contribution in [0, 0.1) is 0 Å². The van der Waals surface area contributed by atoms with Crippen molar-refractivity contribution < 1.29 is 9.59 Å². The highest BCUT2D eigenvalue weighted by Gasteiger charge is 2.01. The molecule has 4 heteroatoms. The van der Waals surface area contributed by atoms with Crippen molar-refractivity contribution in [1.29, 1.82) is 0 Å². The van der Waals surface area contributed by atoms with Crippen LogP contribution in [-0.4, -0.2) is 18.9 Å². The van der Waals surface area contributed by atoms with Crippen molar-refractivity contribution in [3.63, 3.8) is 0 Å². The van der Waals surface area contributed by atoms with Gasteiger partial charge >= 0.3 is 0 Å². The van der Waals surface area contributed by atoms with Gasteiger partial charge in [-0.15, -0.1) is 0 Å². The van der Waals surface area contributed by atoms with E-state index < -0.39 is 0 Å². The number of nitrogens with one attached hydrogen (secondary N) is 2. The molecule has 0 spiro atoms. The van der Waals surface area contributed by atoms with Gasteiger partial charge < -0.3 is 10.6 Å². The standard InChI is InChI=1S/C11H14N2O2.CH4/c1-8(14)13-7-9-3-5-10(6-4-9)11(15)12-2;/h3-6H,7H2,1-2H3,(H,12,15)(H,13,14);1H4. The van der Waals surface area contributed by atoms with Crippen LogP contribution in [0.4, 0.5) is 0 Å². The molecule has 1 rings (SSSR count). The van der Waals surface area contributed by atoms with Gasteiger partial charge in [-0.2, -0.15) is 0 Å². The first-order valence-corrected chi connectivity index (χ1v) is 4.69. The largest absolute Gasteiger partial charge is 0.355 e. The highest BCUT2D eigenvalue weighted by molar-refractivity contribution is 5.93. The fraction of sp³-hybridized carbons (Fsp3) is 0.333. The molecule has 0 bridgehead atoms.